The van der Waals surface area contributed by atoms with E-state index in [1.165, 1.54) is 64.1 Å². The van der Waals surface area contributed by atoms with Crippen molar-refractivity contribution in [1.82, 2.24) is 25.5 Å². The fourth-order valence-electron chi connectivity index (χ4n) is 2.99. The number of rotatable bonds is 13. The lowest BCUT2D eigenvalue weighted by Crippen LogP contribution is -2.24. The van der Waals surface area contributed by atoms with Gasteiger partial charge in [-0.1, -0.05) is 70.8 Å². The highest BCUT2D eigenvalue weighted by atomic mass is 16.1. The van der Waals surface area contributed by atoms with E-state index in [-0.39, 0.29) is 5.91 Å². The summed E-state index contributed by atoms with van der Waals surface area (Å²) in [4.78, 5) is 12.3. The van der Waals surface area contributed by atoms with Gasteiger partial charge in [-0.05, 0) is 35.0 Å². The lowest BCUT2D eigenvalue weighted by atomic mass is 10.1. The molecule has 1 N–H and O–H groups in total. The van der Waals surface area contributed by atoms with Crippen LogP contribution in [-0.4, -0.2) is 32.7 Å². The van der Waals surface area contributed by atoms with Crippen molar-refractivity contribution in [2.45, 2.75) is 71.1 Å². The lowest BCUT2D eigenvalue weighted by molar-refractivity contribution is 0.0953. The molecule has 0 aliphatic carbocycles. The van der Waals surface area contributed by atoms with Gasteiger partial charge in [-0.3, -0.25) is 4.79 Å². The van der Waals surface area contributed by atoms with Crippen molar-refractivity contribution in [2.75, 3.05) is 6.54 Å². The molecule has 1 heterocycles. The zero-order valence-corrected chi connectivity index (χ0v) is 15.9. The quantitative estimate of drug-likeness (QED) is 0.542. The number of unbranched alkanes of at least 4 members (excludes halogenated alkanes) is 9. The molecule has 0 atom stereocenters. The van der Waals surface area contributed by atoms with Gasteiger partial charge in [-0.15, -0.1) is 5.10 Å². The van der Waals surface area contributed by atoms with Gasteiger partial charge in [0.1, 0.15) is 6.33 Å². The normalized spacial score (nSPS) is 10.8. The van der Waals surface area contributed by atoms with Crippen LogP contribution in [0.25, 0.3) is 5.69 Å². The molecule has 0 fully saturated rings. The molecule has 0 aliphatic heterocycles. The zero-order valence-electron chi connectivity index (χ0n) is 15.9. The summed E-state index contributed by atoms with van der Waals surface area (Å²) < 4.78 is 1.54. The van der Waals surface area contributed by atoms with Crippen LogP contribution in [0.2, 0.25) is 0 Å². The Kier molecular flexibility index (Phi) is 9.40. The standard InChI is InChI=1S/C20H31N5O/c1-2-3-4-5-6-7-8-9-10-11-15-21-20(26)18-13-12-14-19(16-18)25-17-22-23-24-25/h12-14,16-17H,2-11,15H2,1H3,(H,21,26). The summed E-state index contributed by atoms with van der Waals surface area (Å²) in [7, 11) is 0. The highest BCUT2D eigenvalue weighted by Gasteiger charge is 2.07. The molecule has 6 heteroatoms. The van der Waals surface area contributed by atoms with Gasteiger partial charge in [0.25, 0.3) is 5.91 Å². The Labute approximate surface area is 156 Å². The Balaban J connectivity index is 1.56. The molecule has 0 radical (unpaired) electrons. The van der Waals surface area contributed by atoms with Crippen molar-refractivity contribution in [1.29, 1.82) is 0 Å². The predicted octanol–water partition coefficient (Wildman–Crippen LogP) is 4.31. The Hall–Kier alpha value is -2.24. The third-order valence-corrected chi connectivity index (χ3v) is 4.54. The average Bonchev–Trinajstić information content (AvgIpc) is 3.21. The fourth-order valence-corrected chi connectivity index (χ4v) is 2.99. The van der Waals surface area contributed by atoms with E-state index in [1.807, 2.05) is 18.2 Å². The van der Waals surface area contributed by atoms with Gasteiger partial charge in [0.05, 0.1) is 5.69 Å². The lowest BCUT2D eigenvalue weighted by Gasteiger charge is -2.07. The van der Waals surface area contributed by atoms with Crippen molar-refractivity contribution in [3.8, 4) is 5.69 Å². The number of amides is 1. The third kappa shape index (κ3) is 7.33. The number of nitrogens with one attached hydrogen (secondary N) is 1. The number of carbonyl (C=O) groups excluding carboxylic acids is 1. The van der Waals surface area contributed by atoms with Crippen molar-refractivity contribution in [2.24, 2.45) is 0 Å². The van der Waals surface area contributed by atoms with E-state index >= 15 is 0 Å². The Morgan fingerprint density at radius 2 is 1.69 bits per heavy atom. The second-order valence-electron chi connectivity index (χ2n) is 6.74. The second kappa shape index (κ2) is 12.2. The zero-order chi connectivity index (χ0) is 18.5. The highest BCUT2D eigenvalue weighted by molar-refractivity contribution is 5.94. The van der Waals surface area contributed by atoms with Crippen molar-refractivity contribution < 1.29 is 4.79 Å². The average molecular weight is 358 g/mol. The predicted molar refractivity (Wildman–Crippen MR) is 103 cm³/mol. The first kappa shape index (κ1) is 20.1. The van der Waals surface area contributed by atoms with Crippen LogP contribution in [0, 0.1) is 0 Å². The molecule has 142 valence electrons. The first-order valence-electron chi connectivity index (χ1n) is 9.93. The molecule has 2 aromatic rings. The topological polar surface area (TPSA) is 72.7 Å². The van der Waals surface area contributed by atoms with Gasteiger partial charge >= 0.3 is 0 Å². The van der Waals surface area contributed by atoms with Crippen molar-refractivity contribution in [3.05, 3.63) is 36.2 Å². The van der Waals surface area contributed by atoms with Crippen LogP contribution in [0.3, 0.4) is 0 Å². The molecule has 26 heavy (non-hydrogen) atoms. The summed E-state index contributed by atoms with van der Waals surface area (Å²) in [5.41, 5.74) is 1.41. The highest BCUT2D eigenvalue weighted by Crippen LogP contribution is 2.11. The molecule has 2 rings (SSSR count). The fraction of sp³-hybridized carbons (Fsp3) is 0.600. The molecule has 6 nitrogen and oxygen atoms in total. The summed E-state index contributed by atoms with van der Waals surface area (Å²) in [6, 6.07) is 7.31. The first-order valence-corrected chi connectivity index (χ1v) is 9.93. The molecule has 1 aromatic carbocycles. The minimum atomic E-state index is -0.0455. The molecule has 0 bridgehead atoms. The van der Waals surface area contributed by atoms with Crippen molar-refractivity contribution in [3.63, 3.8) is 0 Å². The van der Waals surface area contributed by atoms with Crippen LogP contribution in [0.4, 0.5) is 0 Å². The van der Waals surface area contributed by atoms with E-state index in [4.69, 9.17) is 0 Å². The third-order valence-electron chi connectivity index (χ3n) is 4.54. The smallest absolute Gasteiger partial charge is 0.251 e. The summed E-state index contributed by atoms with van der Waals surface area (Å²) in [5.74, 6) is -0.0455. The molecule has 0 saturated carbocycles. The number of tetrazole rings is 1. The molecule has 0 spiro atoms. The molecule has 1 amide bonds. The van der Waals surface area contributed by atoms with Gasteiger partial charge < -0.3 is 5.32 Å². The molecule has 1 aromatic heterocycles. The number of hydrogen-bond donors (Lipinski definition) is 1. The minimum Gasteiger partial charge on any atom is -0.352 e. The Morgan fingerprint density at radius 3 is 2.35 bits per heavy atom. The van der Waals surface area contributed by atoms with Crippen LogP contribution >= 0.6 is 0 Å². The van der Waals surface area contributed by atoms with Gasteiger partial charge in [-0.25, -0.2) is 4.68 Å². The van der Waals surface area contributed by atoms with Gasteiger partial charge in [0, 0.05) is 12.1 Å². The van der Waals surface area contributed by atoms with Crippen LogP contribution in [0.5, 0.6) is 0 Å². The van der Waals surface area contributed by atoms with Crippen molar-refractivity contribution >= 4 is 5.91 Å². The molecular formula is C20H31N5O. The van der Waals surface area contributed by atoms with E-state index in [2.05, 4.69) is 27.8 Å². The summed E-state index contributed by atoms with van der Waals surface area (Å²) in [6.45, 7) is 2.98. The Morgan fingerprint density at radius 1 is 1.00 bits per heavy atom. The number of benzene rings is 1. The van der Waals surface area contributed by atoms with Crippen LogP contribution in [-0.2, 0) is 0 Å². The van der Waals surface area contributed by atoms with E-state index in [1.54, 1.807) is 10.7 Å². The minimum absolute atomic E-state index is 0.0455. The summed E-state index contributed by atoms with van der Waals surface area (Å²) in [6.07, 6.45) is 14.5. The maximum atomic E-state index is 12.3. The maximum Gasteiger partial charge on any atom is 0.251 e. The number of nitrogens with zero attached hydrogens (tertiary/aromatic N) is 4. The van der Waals surface area contributed by atoms with E-state index in [9.17, 15) is 4.79 Å². The summed E-state index contributed by atoms with van der Waals surface area (Å²) >= 11 is 0. The molecular weight excluding hydrogens is 326 g/mol. The van der Waals surface area contributed by atoms with Crippen LogP contribution in [0.1, 0.15) is 81.5 Å². The summed E-state index contributed by atoms with van der Waals surface area (Å²) in [5, 5.41) is 14.1. The van der Waals surface area contributed by atoms with Crippen LogP contribution in [0.15, 0.2) is 30.6 Å². The number of aromatic nitrogens is 4. The van der Waals surface area contributed by atoms with Gasteiger partial charge in [0.15, 0.2) is 0 Å². The number of carbonyl (C=O) groups is 1. The monoisotopic (exact) mass is 357 g/mol. The van der Waals surface area contributed by atoms with E-state index in [0.717, 1.165) is 18.7 Å². The SMILES string of the molecule is CCCCCCCCCCCCNC(=O)c1cccc(-n2cnnn2)c1. The van der Waals surface area contributed by atoms with Gasteiger partial charge in [-0.2, -0.15) is 0 Å². The Bertz CT molecular complexity index is 627. The van der Waals surface area contributed by atoms with E-state index < -0.39 is 0 Å². The number of hydrogen-bond acceptors (Lipinski definition) is 4. The molecule has 0 saturated heterocycles. The largest absolute Gasteiger partial charge is 0.352 e. The first-order chi connectivity index (χ1) is 12.8. The molecule has 0 aliphatic rings. The van der Waals surface area contributed by atoms with Gasteiger partial charge in [0.2, 0.25) is 0 Å². The second-order valence-corrected chi connectivity index (χ2v) is 6.74. The van der Waals surface area contributed by atoms with E-state index in [0.29, 0.717) is 5.56 Å². The maximum absolute atomic E-state index is 12.3. The van der Waals surface area contributed by atoms with Crippen LogP contribution < -0.4 is 5.32 Å². The molecule has 0 unspecified atom stereocenters.